The standard InChI is InChI=1S/C20H22N2O4S/c1-2-13-21(14-12-17-6-4-3-5-7-17)27(24,25)19-10-8-18(9-11-19)22-15-16-26-20(22)23/h2-11H,1,12-16H2. The maximum absolute atomic E-state index is 13.0. The van der Waals surface area contributed by atoms with Crippen LogP contribution >= 0.6 is 0 Å². The first-order valence-corrected chi connectivity index (χ1v) is 10.2. The molecule has 2 aromatic carbocycles. The van der Waals surface area contributed by atoms with Crippen LogP contribution in [0.4, 0.5) is 10.5 Å². The van der Waals surface area contributed by atoms with Gasteiger partial charge in [0.25, 0.3) is 0 Å². The predicted octanol–water partition coefficient (Wildman–Crippen LogP) is 3.06. The monoisotopic (exact) mass is 386 g/mol. The Bertz CT molecular complexity index is 895. The molecule has 27 heavy (non-hydrogen) atoms. The molecule has 0 unspecified atom stereocenters. The third-order valence-corrected chi connectivity index (χ3v) is 6.25. The molecular weight excluding hydrogens is 364 g/mol. The minimum absolute atomic E-state index is 0.189. The Kier molecular flexibility index (Phi) is 5.93. The molecular formula is C20H22N2O4S. The van der Waals surface area contributed by atoms with E-state index in [0.717, 1.165) is 5.56 Å². The fourth-order valence-electron chi connectivity index (χ4n) is 2.93. The van der Waals surface area contributed by atoms with Crippen LogP contribution in [0.1, 0.15) is 5.56 Å². The molecule has 0 saturated carbocycles. The summed E-state index contributed by atoms with van der Waals surface area (Å²) in [5, 5.41) is 0. The number of benzene rings is 2. The van der Waals surface area contributed by atoms with Gasteiger partial charge in [0.1, 0.15) is 6.61 Å². The SMILES string of the molecule is C=CCN(CCc1ccccc1)S(=O)(=O)c1ccc(N2CCOC2=O)cc1. The summed E-state index contributed by atoms with van der Waals surface area (Å²) in [4.78, 5) is 13.3. The van der Waals surface area contributed by atoms with Gasteiger partial charge < -0.3 is 4.74 Å². The van der Waals surface area contributed by atoms with Gasteiger partial charge in [0, 0.05) is 18.8 Å². The van der Waals surface area contributed by atoms with Crippen molar-refractivity contribution in [1.29, 1.82) is 0 Å². The first-order chi connectivity index (χ1) is 13.0. The van der Waals surface area contributed by atoms with E-state index in [2.05, 4.69) is 6.58 Å². The van der Waals surface area contributed by atoms with Crippen LogP contribution in [0.5, 0.6) is 0 Å². The van der Waals surface area contributed by atoms with Gasteiger partial charge in [0.15, 0.2) is 0 Å². The molecule has 6 nitrogen and oxygen atoms in total. The number of amides is 1. The van der Waals surface area contributed by atoms with E-state index >= 15 is 0 Å². The number of sulfonamides is 1. The highest BCUT2D eigenvalue weighted by Crippen LogP contribution is 2.23. The average Bonchev–Trinajstić information content (AvgIpc) is 3.12. The molecule has 142 valence electrons. The van der Waals surface area contributed by atoms with Gasteiger partial charge in [0.05, 0.1) is 11.4 Å². The first kappa shape index (κ1) is 19.1. The number of carbonyl (C=O) groups is 1. The van der Waals surface area contributed by atoms with E-state index < -0.39 is 16.1 Å². The van der Waals surface area contributed by atoms with Crippen molar-refractivity contribution in [2.75, 3.05) is 31.1 Å². The minimum Gasteiger partial charge on any atom is -0.447 e. The van der Waals surface area contributed by atoms with Gasteiger partial charge in [-0.3, -0.25) is 4.90 Å². The molecule has 0 aromatic heterocycles. The van der Waals surface area contributed by atoms with Gasteiger partial charge >= 0.3 is 6.09 Å². The van der Waals surface area contributed by atoms with Crippen molar-refractivity contribution in [2.24, 2.45) is 0 Å². The lowest BCUT2D eigenvalue weighted by molar-refractivity contribution is 0.181. The van der Waals surface area contributed by atoms with E-state index in [4.69, 9.17) is 4.74 Å². The second kappa shape index (κ2) is 8.37. The van der Waals surface area contributed by atoms with E-state index in [1.54, 1.807) is 18.2 Å². The van der Waals surface area contributed by atoms with E-state index in [9.17, 15) is 13.2 Å². The van der Waals surface area contributed by atoms with Crippen LogP contribution in [0.2, 0.25) is 0 Å². The molecule has 7 heteroatoms. The fourth-order valence-corrected chi connectivity index (χ4v) is 4.34. The maximum atomic E-state index is 13.0. The molecule has 1 aliphatic rings. The topological polar surface area (TPSA) is 66.9 Å². The molecule has 1 saturated heterocycles. The summed E-state index contributed by atoms with van der Waals surface area (Å²) < 4.78 is 32.3. The van der Waals surface area contributed by atoms with Crippen LogP contribution in [-0.2, 0) is 21.2 Å². The van der Waals surface area contributed by atoms with E-state index in [-0.39, 0.29) is 11.4 Å². The zero-order valence-electron chi connectivity index (χ0n) is 15.0. The number of nitrogens with zero attached hydrogens (tertiary/aromatic N) is 2. The van der Waals surface area contributed by atoms with Gasteiger partial charge in [-0.25, -0.2) is 13.2 Å². The smallest absolute Gasteiger partial charge is 0.414 e. The highest BCUT2D eigenvalue weighted by Gasteiger charge is 2.26. The van der Waals surface area contributed by atoms with Crippen LogP contribution in [0, 0.1) is 0 Å². The molecule has 1 aliphatic heterocycles. The summed E-state index contributed by atoms with van der Waals surface area (Å²) >= 11 is 0. The van der Waals surface area contributed by atoms with Gasteiger partial charge in [-0.15, -0.1) is 6.58 Å². The predicted molar refractivity (Wildman–Crippen MR) is 104 cm³/mol. The highest BCUT2D eigenvalue weighted by atomic mass is 32.2. The number of hydrogen-bond acceptors (Lipinski definition) is 4. The van der Waals surface area contributed by atoms with Gasteiger partial charge in [0.2, 0.25) is 10.0 Å². The zero-order chi connectivity index (χ0) is 19.3. The summed E-state index contributed by atoms with van der Waals surface area (Å²) in [5.41, 5.74) is 1.70. The largest absolute Gasteiger partial charge is 0.447 e. The number of cyclic esters (lactones) is 1. The lowest BCUT2D eigenvalue weighted by Gasteiger charge is -2.21. The lowest BCUT2D eigenvalue weighted by Crippen LogP contribution is -2.33. The average molecular weight is 386 g/mol. The fraction of sp³-hybridized carbons (Fsp3) is 0.250. The summed E-state index contributed by atoms with van der Waals surface area (Å²) in [6.45, 7) is 5.07. The van der Waals surface area contributed by atoms with Gasteiger partial charge in [-0.2, -0.15) is 4.31 Å². The molecule has 0 radical (unpaired) electrons. The molecule has 3 rings (SSSR count). The van der Waals surface area contributed by atoms with E-state index in [1.807, 2.05) is 30.3 Å². The maximum Gasteiger partial charge on any atom is 0.414 e. The molecule has 1 fully saturated rings. The van der Waals surface area contributed by atoms with Crippen LogP contribution in [0.15, 0.2) is 72.1 Å². The first-order valence-electron chi connectivity index (χ1n) is 8.71. The van der Waals surface area contributed by atoms with Crippen molar-refractivity contribution in [3.63, 3.8) is 0 Å². The lowest BCUT2D eigenvalue weighted by atomic mass is 10.1. The Hall–Kier alpha value is -2.64. The molecule has 0 atom stereocenters. The third kappa shape index (κ3) is 4.37. The highest BCUT2D eigenvalue weighted by molar-refractivity contribution is 7.89. The Morgan fingerprint density at radius 1 is 1.11 bits per heavy atom. The summed E-state index contributed by atoms with van der Waals surface area (Å²) in [7, 11) is -3.66. The van der Waals surface area contributed by atoms with Crippen molar-refractivity contribution in [1.82, 2.24) is 4.31 Å². The molecule has 0 bridgehead atoms. The van der Waals surface area contributed by atoms with Crippen molar-refractivity contribution in [3.8, 4) is 0 Å². The van der Waals surface area contributed by atoms with Crippen LogP contribution in [0.3, 0.4) is 0 Å². The van der Waals surface area contributed by atoms with Crippen LogP contribution in [-0.4, -0.2) is 45.1 Å². The van der Waals surface area contributed by atoms with Crippen molar-refractivity contribution in [2.45, 2.75) is 11.3 Å². The molecule has 0 N–H and O–H groups in total. The second-order valence-corrected chi connectivity index (χ2v) is 8.09. The normalized spacial score (nSPS) is 14.4. The quantitative estimate of drug-likeness (QED) is 0.654. The van der Waals surface area contributed by atoms with Crippen molar-refractivity contribution >= 4 is 21.8 Å². The Morgan fingerprint density at radius 2 is 1.81 bits per heavy atom. The van der Waals surface area contributed by atoms with Gasteiger partial charge in [-0.05, 0) is 36.2 Å². The van der Waals surface area contributed by atoms with Crippen molar-refractivity contribution in [3.05, 3.63) is 72.8 Å². The minimum atomic E-state index is -3.66. The Morgan fingerprint density at radius 3 is 2.41 bits per heavy atom. The number of anilines is 1. The molecule has 0 aliphatic carbocycles. The zero-order valence-corrected chi connectivity index (χ0v) is 15.8. The number of ether oxygens (including phenoxy) is 1. The van der Waals surface area contributed by atoms with Crippen molar-refractivity contribution < 1.29 is 17.9 Å². The molecule has 2 aromatic rings. The number of hydrogen-bond donors (Lipinski definition) is 0. The number of carbonyl (C=O) groups excluding carboxylic acids is 1. The Labute approximate surface area is 159 Å². The second-order valence-electron chi connectivity index (χ2n) is 6.15. The van der Waals surface area contributed by atoms with Gasteiger partial charge in [-0.1, -0.05) is 36.4 Å². The molecule has 1 amide bonds. The summed E-state index contributed by atoms with van der Waals surface area (Å²) in [5.74, 6) is 0. The number of rotatable bonds is 8. The molecule has 0 spiro atoms. The summed E-state index contributed by atoms with van der Waals surface area (Å²) in [6, 6.07) is 16.0. The molecule has 1 heterocycles. The van der Waals surface area contributed by atoms with Crippen LogP contribution in [0.25, 0.3) is 0 Å². The Balaban J connectivity index is 1.77. The van der Waals surface area contributed by atoms with Crippen LogP contribution < -0.4 is 4.90 Å². The van der Waals surface area contributed by atoms with E-state index in [1.165, 1.54) is 21.3 Å². The summed E-state index contributed by atoms with van der Waals surface area (Å²) in [6.07, 6.45) is 1.78. The van der Waals surface area contributed by atoms with E-state index in [0.29, 0.717) is 31.8 Å². The third-order valence-electron chi connectivity index (χ3n) is 4.37.